The van der Waals surface area contributed by atoms with Gasteiger partial charge in [0.2, 0.25) is 5.96 Å². The molecule has 0 aliphatic rings. The third-order valence-corrected chi connectivity index (χ3v) is 4.03. The second-order valence-electron chi connectivity index (χ2n) is 6.49. The third-order valence-electron chi connectivity index (χ3n) is 4.03. The van der Waals surface area contributed by atoms with Crippen LogP contribution < -0.4 is 20.7 Å². The quantitative estimate of drug-likeness (QED) is 0.145. The Morgan fingerprint density at radius 3 is 2.57 bits per heavy atom. The van der Waals surface area contributed by atoms with Crippen molar-refractivity contribution in [3.05, 3.63) is 30.3 Å². The number of hydrogen-bond acceptors (Lipinski definition) is 6. The zero-order valence-corrected chi connectivity index (χ0v) is 16.4. The van der Waals surface area contributed by atoms with E-state index in [-0.39, 0.29) is 18.3 Å². The molecule has 0 fully saturated rings. The van der Waals surface area contributed by atoms with Gasteiger partial charge in [-0.3, -0.25) is 20.3 Å². The summed E-state index contributed by atoms with van der Waals surface area (Å²) in [6.45, 7) is 3.41. The van der Waals surface area contributed by atoms with Crippen LogP contribution in [0, 0.1) is 16.9 Å². The number of hydrogen-bond donors (Lipinski definition) is 4. The van der Waals surface area contributed by atoms with E-state index < -0.39 is 17.6 Å². The number of rotatable bonds is 11. The van der Waals surface area contributed by atoms with Crippen LogP contribution in [0.1, 0.15) is 26.7 Å². The van der Waals surface area contributed by atoms with Gasteiger partial charge in [-0.25, -0.2) is 0 Å². The topological polar surface area (TPSA) is 136 Å². The van der Waals surface area contributed by atoms with Gasteiger partial charge in [-0.15, -0.1) is 0 Å². The lowest BCUT2D eigenvalue weighted by Crippen LogP contribution is -2.51. The molecule has 0 aromatic heterocycles. The van der Waals surface area contributed by atoms with E-state index in [4.69, 9.17) is 20.1 Å². The summed E-state index contributed by atoms with van der Waals surface area (Å²) in [6, 6.07) is 8.17. The second kappa shape index (κ2) is 11.6. The number of ketones is 1. The summed E-state index contributed by atoms with van der Waals surface area (Å²) in [5, 5.41) is 23.4. The van der Waals surface area contributed by atoms with Crippen molar-refractivity contribution in [3.63, 3.8) is 0 Å². The van der Waals surface area contributed by atoms with Crippen molar-refractivity contribution in [1.29, 1.82) is 10.7 Å². The first-order valence-electron chi connectivity index (χ1n) is 8.84. The molecule has 1 atom stereocenters. The molecular formula is C19H27N5O4. The van der Waals surface area contributed by atoms with Gasteiger partial charge >= 0.3 is 0 Å². The molecule has 0 heterocycles. The second-order valence-corrected chi connectivity index (χ2v) is 6.49. The number of methoxy groups -OCH3 is 1. The molecule has 4 N–H and O–H groups in total. The van der Waals surface area contributed by atoms with E-state index in [0.717, 1.165) is 0 Å². The third kappa shape index (κ3) is 8.05. The van der Waals surface area contributed by atoms with Crippen LogP contribution in [0.2, 0.25) is 0 Å². The van der Waals surface area contributed by atoms with E-state index in [2.05, 4.69) is 16.0 Å². The highest BCUT2D eigenvalue weighted by molar-refractivity contribution is 5.92. The van der Waals surface area contributed by atoms with Gasteiger partial charge in [0.25, 0.3) is 5.91 Å². The summed E-state index contributed by atoms with van der Waals surface area (Å²) >= 11 is 0. The van der Waals surface area contributed by atoms with Crippen LogP contribution in [0.15, 0.2) is 30.3 Å². The fraction of sp³-hybridized carbons (Fsp3) is 0.474. The van der Waals surface area contributed by atoms with Gasteiger partial charge in [-0.2, -0.15) is 5.26 Å². The van der Waals surface area contributed by atoms with Crippen molar-refractivity contribution in [1.82, 2.24) is 16.0 Å². The Labute approximate surface area is 164 Å². The Hall–Kier alpha value is -3.12. The highest BCUT2D eigenvalue weighted by atomic mass is 16.5. The molecule has 1 rings (SSSR count). The highest BCUT2D eigenvalue weighted by Gasteiger charge is 2.31. The molecular weight excluding hydrogens is 362 g/mol. The number of nitrogens with one attached hydrogen (secondary N) is 4. The number of para-hydroxylation sites is 1. The fourth-order valence-electron chi connectivity index (χ4n) is 2.13. The molecule has 9 nitrogen and oxygen atoms in total. The van der Waals surface area contributed by atoms with Crippen molar-refractivity contribution in [2.45, 2.75) is 38.3 Å². The SMILES string of the molecule is COC(C)(C)C(=O)N[C@@H](CCCNC(=N)NC#N)C(=O)COc1ccccc1. The van der Waals surface area contributed by atoms with Crippen LogP contribution in [0.3, 0.4) is 0 Å². The number of amides is 1. The first kappa shape index (κ1) is 22.9. The summed E-state index contributed by atoms with van der Waals surface area (Å²) < 4.78 is 10.7. The predicted octanol–water partition coefficient (Wildman–Crippen LogP) is 0.920. The molecule has 0 aliphatic carbocycles. The van der Waals surface area contributed by atoms with Gasteiger partial charge in [0.1, 0.15) is 18.0 Å². The van der Waals surface area contributed by atoms with Crippen LogP contribution >= 0.6 is 0 Å². The first-order valence-corrected chi connectivity index (χ1v) is 8.84. The van der Waals surface area contributed by atoms with Gasteiger partial charge in [-0.1, -0.05) is 18.2 Å². The molecule has 0 spiro atoms. The minimum absolute atomic E-state index is 0.123. The zero-order chi connectivity index (χ0) is 21.0. The predicted molar refractivity (Wildman–Crippen MR) is 104 cm³/mol. The normalized spacial score (nSPS) is 11.6. The fourth-order valence-corrected chi connectivity index (χ4v) is 2.13. The van der Waals surface area contributed by atoms with Gasteiger partial charge in [0.05, 0.1) is 6.04 Å². The van der Waals surface area contributed by atoms with Gasteiger partial charge in [0, 0.05) is 13.7 Å². The molecule has 0 bridgehead atoms. The highest BCUT2D eigenvalue weighted by Crippen LogP contribution is 2.11. The number of carbonyl (C=O) groups is 2. The average Bonchev–Trinajstić information content (AvgIpc) is 2.69. The molecule has 0 saturated carbocycles. The standard InChI is InChI=1S/C19H27N5O4/c1-19(2,27-3)17(26)24-15(10-7-11-22-18(21)23-13-20)16(25)12-28-14-8-5-4-6-9-14/h4-6,8-9,15H,7,10-12H2,1-3H3,(H,24,26)(H3,21,22,23)/t15-/m0/s1. The lowest BCUT2D eigenvalue weighted by Gasteiger charge is -2.26. The average molecular weight is 389 g/mol. The maximum Gasteiger partial charge on any atom is 0.252 e. The minimum atomic E-state index is -1.07. The number of Topliss-reactive ketones (excluding diaryl/α,β-unsaturated/α-hetero) is 1. The molecule has 0 aliphatic heterocycles. The lowest BCUT2D eigenvalue weighted by molar-refractivity contribution is -0.142. The van der Waals surface area contributed by atoms with Crippen LogP contribution in [-0.2, 0) is 14.3 Å². The molecule has 9 heteroatoms. The summed E-state index contributed by atoms with van der Waals surface area (Å²) in [5.41, 5.74) is -1.07. The van der Waals surface area contributed by atoms with Crippen LogP contribution in [0.25, 0.3) is 0 Å². The molecule has 1 aromatic carbocycles. The molecule has 0 saturated heterocycles. The first-order chi connectivity index (χ1) is 13.3. The molecule has 0 radical (unpaired) electrons. The van der Waals surface area contributed by atoms with Gasteiger partial charge in [-0.05, 0) is 38.8 Å². The van der Waals surface area contributed by atoms with E-state index in [1.54, 1.807) is 44.3 Å². The number of nitrogens with zero attached hydrogens (tertiary/aromatic N) is 1. The summed E-state index contributed by atoms with van der Waals surface area (Å²) in [6.07, 6.45) is 2.47. The summed E-state index contributed by atoms with van der Waals surface area (Å²) in [5.74, 6) is -0.229. The van der Waals surface area contributed by atoms with Crippen LogP contribution in [0.4, 0.5) is 0 Å². The number of benzene rings is 1. The number of guanidine groups is 1. The zero-order valence-electron chi connectivity index (χ0n) is 16.4. The van der Waals surface area contributed by atoms with E-state index in [9.17, 15) is 9.59 Å². The Morgan fingerprint density at radius 2 is 1.96 bits per heavy atom. The minimum Gasteiger partial charge on any atom is -0.486 e. The van der Waals surface area contributed by atoms with E-state index in [1.165, 1.54) is 7.11 Å². The molecule has 1 aromatic rings. The summed E-state index contributed by atoms with van der Waals surface area (Å²) in [7, 11) is 1.42. The Balaban J connectivity index is 2.65. The van der Waals surface area contributed by atoms with Gasteiger partial charge < -0.3 is 20.1 Å². The van der Waals surface area contributed by atoms with Crippen molar-refractivity contribution < 1.29 is 19.1 Å². The number of carbonyl (C=O) groups excluding carboxylic acids is 2. The van der Waals surface area contributed by atoms with Crippen molar-refractivity contribution in [3.8, 4) is 11.9 Å². The van der Waals surface area contributed by atoms with Crippen LogP contribution in [0.5, 0.6) is 5.75 Å². The number of nitriles is 1. The largest absolute Gasteiger partial charge is 0.486 e. The lowest BCUT2D eigenvalue weighted by atomic mass is 10.0. The van der Waals surface area contributed by atoms with Gasteiger partial charge in [0.15, 0.2) is 12.0 Å². The Bertz CT molecular complexity index is 700. The summed E-state index contributed by atoms with van der Waals surface area (Å²) in [4.78, 5) is 25.0. The van der Waals surface area contributed by atoms with Crippen molar-refractivity contribution in [2.24, 2.45) is 0 Å². The Morgan fingerprint density at radius 1 is 1.29 bits per heavy atom. The molecule has 0 unspecified atom stereocenters. The van der Waals surface area contributed by atoms with Crippen LogP contribution in [-0.4, -0.2) is 49.6 Å². The van der Waals surface area contributed by atoms with E-state index in [0.29, 0.717) is 25.1 Å². The Kier molecular flexibility index (Phi) is 9.47. The van der Waals surface area contributed by atoms with Crippen molar-refractivity contribution in [2.75, 3.05) is 20.3 Å². The van der Waals surface area contributed by atoms with E-state index in [1.807, 2.05) is 6.07 Å². The molecule has 28 heavy (non-hydrogen) atoms. The van der Waals surface area contributed by atoms with E-state index >= 15 is 0 Å². The maximum atomic E-state index is 12.6. The van der Waals surface area contributed by atoms with Crippen molar-refractivity contribution >= 4 is 17.6 Å². The monoisotopic (exact) mass is 389 g/mol. The maximum absolute atomic E-state index is 12.6. The smallest absolute Gasteiger partial charge is 0.252 e. The molecule has 1 amide bonds. The molecule has 152 valence electrons. The number of ether oxygens (including phenoxy) is 2.